The van der Waals surface area contributed by atoms with Crippen molar-refractivity contribution in [2.24, 2.45) is 19.8 Å². The van der Waals surface area contributed by atoms with Gasteiger partial charge in [0.25, 0.3) is 5.91 Å². The summed E-state index contributed by atoms with van der Waals surface area (Å²) in [6, 6.07) is 14.6. The monoisotopic (exact) mass is 550 g/mol. The summed E-state index contributed by atoms with van der Waals surface area (Å²) in [5.41, 5.74) is 16.4. The second kappa shape index (κ2) is 12.6. The molecule has 0 aliphatic carbocycles. The topological polar surface area (TPSA) is 130 Å². The molecule has 2 aromatic carbocycles. The number of nitrogen functional groups attached to an aromatic ring is 1. The van der Waals surface area contributed by atoms with Gasteiger partial charge in [-0.25, -0.2) is 9.37 Å². The number of amides is 1. The van der Waals surface area contributed by atoms with Crippen molar-refractivity contribution < 1.29 is 9.18 Å². The predicted octanol–water partition coefficient (Wildman–Crippen LogP) is 4.44. The Labute approximate surface area is 237 Å². The van der Waals surface area contributed by atoms with Crippen molar-refractivity contribution in [2.75, 3.05) is 17.6 Å². The fraction of sp³-hybridized carbons (Fsp3) is 0.161. The minimum absolute atomic E-state index is 0.131. The average molecular weight is 551 g/mol. The Morgan fingerprint density at radius 3 is 2.56 bits per heavy atom. The molecule has 5 N–H and O–H groups in total. The molecule has 0 saturated heterocycles. The number of benzene rings is 2. The summed E-state index contributed by atoms with van der Waals surface area (Å²) in [4.78, 5) is 16.0. The molecule has 5 rings (SSSR count). The number of primary amides is 1. The molecular weight excluding hydrogens is 519 g/mol. The van der Waals surface area contributed by atoms with Crippen LogP contribution < -0.4 is 16.8 Å². The number of halogens is 1. The van der Waals surface area contributed by atoms with E-state index in [0.717, 1.165) is 45.3 Å². The number of aromatic nitrogens is 5. The van der Waals surface area contributed by atoms with Crippen LogP contribution in [0.15, 0.2) is 73.6 Å². The van der Waals surface area contributed by atoms with Crippen molar-refractivity contribution in [3.63, 3.8) is 0 Å². The number of pyridine rings is 1. The summed E-state index contributed by atoms with van der Waals surface area (Å²) in [7, 11) is 3.54. The molecule has 0 bridgehead atoms. The van der Waals surface area contributed by atoms with E-state index in [1.807, 2.05) is 31.4 Å². The Balaban J connectivity index is 0.000000234. The second-order valence-electron chi connectivity index (χ2n) is 9.15. The van der Waals surface area contributed by atoms with E-state index in [1.54, 1.807) is 36.1 Å². The van der Waals surface area contributed by atoms with Gasteiger partial charge >= 0.3 is 0 Å². The van der Waals surface area contributed by atoms with Crippen LogP contribution in [-0.2, 0) is 20.5 Å². The molecule has 41 heavy (non-hydrogen) atoms. The maximum absolute atomic E-state index is 13.3. The van der Waals surface area contributed by atoms with Crippen LogP contribution >= 0.6 is 0 Å². The Hall–Kier alpha value is -5.43. The molecule has 1 amide bonds. The highest BCUT2D eigenvalue weighted by molar-refractivity contribution is 6.02. The number of anilines is 2. The average Bonchev–Trinajstić information content (AvgIpc) is 3.51. The largest absolute Gasteiger partial charge is 0.381 e. The van der Waals surface area contributed by atoms with Crippen LogP contribution in [0.1, 0.15) is 34.0 Å². The Bertz CT molecular complexity index is 1770. The van der Waals surface area contributed by atoms with Gasteiger partial charge in [0.1, 0.15) is 17.2 Å². The Kier molecular flexibility index (Phi) is 8.79. The van der Waals surface area contributed by atoms with Crippen LogP contribution in [0, 0.1) is 17.7 Å². The third-order valence-corrected chi connectivity index (χ3v) is 6.20. The first-order valence-electron chi connectivity index (χ1n) is 12.9. The fourth-order valence-corrected chi connectivity index (χ4v) is 4.25. The number of aryl methyl sites for hydroxylation is 3. The van der Waals surface area contributed by atoms with Gasteiger partial charge in [-0.15, -0.1) is 6.58 Å². The maximum atomic E-state index is 13.3. The molecule has 208 valence electrons. The van der Waals surface area contributed by atoms with Crippen molar-refractivity contribution in [3.05, 3.63) is 102 Å². The number of carbonyl (C=O) groups is 1. The third kappa shape index (κ3) is 6.59. The van der Waals surface area contributed by atoms with Crippen LogP contribution in [0.2, 0.25) is 0 Å². The fourth-order valence-electron chi connectivity index (χ4n) is 4.25. The van der Waals surface area contributed by atoms with Crippen LogP contribution in [-0.4, -0.2) is 37.0 Å². The van der Waals surface area contributed by atoms with Gasteiger partial charge in [-0.3, -0.25) is 14.2 Å². The smallest absolute Gasteiger partial charge is 0.256 e. The van der Waals surface area contributed by atoms with Gasteiger partial charge in [-0.1, -0.05) is 37.0 Å². The number of hydrogen-bond acceptors (Lipinski definition) is 6. The van der Waals surface area contributed by atoms with Crippen molar-refractivity contribution in [3.8, 4) is 23.1 Å². The minimum atomic E-state index is -0.595. The lowest BCUT2D eigenvalue weighted by Gasteiger charge is -2.10. The predicted molar refractivity (Wildman–Crippen MR) is 161 cm³/mol. The van der Waals surface area contributed by atoms with Crippen molar-refractivity contribution in [1.82, 2.24) is 24.5 Å². The first kappa shape index (κ1) is 28.6. The molecule has 9 nitrogen and oxygen atoms in total. The molecule has 0 spiro atoms. The molecule has 5 aromatic rings. The molecule has 0 aliphatic heterocycles. The van der Waals surface area contributed by atoms with E-state index in [4.69, 9.17) is 16.5 Å². The molecule has 0 radical (unpaired) electrons. The standard InChI is InChI=1S/C23H18FN3.C8H13N5O/c1-3-17-13-20-6-4-5-18(8-7-16-14-25-27(2)15-16)23(20)26-22(17)19-9-11-21(24)12-10-19;1-3-4-11-8-5(7(10)14)6(9)12-13(8)2/h4-6,9-15H,3H2,1-2H3;3,11H,1,4H2,2H3,(H2,9,12)(H2,10,14). The van der Waals surface area contributed by atoms with E-state index in [9.17, 15) is 9.18 Å². The van der Waals surface area contributed by atoms with Crippen molar-refractivity contribution in [1.29, 1.82) is 0 Å². The Morgan fingerprint density at radius 1 is 1.17 bits per heavy atom. The first-order valence-corrected chi connectivity index (χ1v) is 12.9. The quantitative estimate of drug-likeness (QED) is 0.212. The van der Waals surface area contributed by atoms with E-state index in [1.165, 1.54) is 16.8 Å². The normalized spacial score (nSPS) is 10.3. The lowest BCUT2D eigenvalue weighted by molar-refractivity contribution is 0.100. The summed E-state index contributed by atoms with van der Waals surface area (Å²) in [6.07, 6.45) is 6.13. The lowest BCUT2D eigenvalue weighted by Crippen LogP contribution is -2.15. The molecular formula is C31H31FN8O. The number of nitrogens with two attached hydrogens (primary N) is 2. The van der Waals surface area contributed by atoms with Gasteiger partial charge in [0, 0.05) is 37.8 Å². The molecule has 10 heteroatoms. The maximum Gasteiger partial charge on any atom is 0.256 e. The zero-order valence-corrected chi connectivity index (χ0v) is 23.1. The number of carbonyl (C=O) groups excluding carboxylic acids is 1. The molecule has 0 unspecified atom stereocenters. The van der Waals surface area contributed by atoms with Crippen LogP contribution in [0.3, 0.4) is 0 Å². The van der Waals surface area contributed by atoms with Gasteiger partial charge in [0.15, 0.2) is 5.82 Å². The van der Waals surface area contributed by atoms with E-state index < -0.39 is 5.91 Å². The van der Waals surface area contributed by atoms with Crippen molar-refractivity contribution in [2.45, 2.75) is 13.3 Å². The number of hydrogen-bond donors (Lipinski definition) is 3. The summed E-state index contributed by atoms with van der Waals surface area (Å²) in [5, 5.41) is 12.0. The zero-order chi connectivity index (χ0) is 29.5. The van der Waals surface area contributed by atoms with E-state index in [2.05, 4.69) is 46.9 Å². The molecule has 3 heterocycles. The van der Waals surface area contributed by atoms with E-state index >= 15 is 0 Å². The summed E-state index contributed by atoms with van der Waals surface area (Å²) in [5.74, 6) is 6.16. The van der Waals surface area contributed by atoms with Gasteiger partial charge in [-0.05, 0) is 48.4 Å². The number of fused-ring (bicyclic) bond motifs is 1. The molecule has 3 aromatic heterocycles. The number of nitrogens with zero attached hydrogens (tertiary/aromatic N) is 5. The van der Waals surface area contributed by atoms with E-state index in [-0.39, 0.29) is 17.2 Å². The highest BCUT2D eigenvalue weighted by Crippen LogP contribution is 2.28. The molecule has 0 fully saturated rings. The summed E-state index contributed by atoms with van der Waals surface area (Å²) in [6.45, 7) is 6.16. The van der Waals surface area contributed by atoms with Crippen LogP contribution in [0.25, 0.3) is 22.2 Å². The lowest BCUT2D eigenvalue weighted by atomic mass is 10.00. The SMILES string of the molecule is C=CCNc1c(C(N)=O)c(N)nn1C.CCc1cc2cccc(C#Cc3cnn(C)c3)c2nc1-c1ccc(F)cc1. The van der Waals surface area contributed by atoms with Gasteiger partial charge in [-0.2, -0.15) is 10.2 Å². The van der Waals surface area contributed by atoms with Gasteiger partial charge in [0.2, 0.25) is 0 Å². The molecule has 0 atom stereocenters. The van der Waals surface area contributed by atoms with Crippen molar-refractivity contribution >= 4 is 28.4 Å². The molecule has 0 aliphatic rings. The Morgan fingerprint density at radius 2 is 1.93 bits per heavy atom. The number of para-hydroxylation sites is 1. The van der Waals surface area contributed by atoms with Crippen LogP contribution in [0.4, 0.5) is 16.0 Å². The van der Waals surface area contributed by atoms with Gasteiger partial charge < -0.3 is 16.8 Å². The first-order chi connectivity index (χ1) is 19.7. The minimum Gasteiger partial charge on any atom is -0.381 e. The van der Waals surface area contributed by atoms with E-state index in [0.29, 0.717) is 12.4 Å². The van der Waals surface area contributed by atoms with Crippen LogP contribution in [0.5, 0.6) is 0 Å². The number of nitrogens with one attached hydrogen (secondary N) is 1. The highest BCUT2D eigenvalue weighted by Gasteiger charge is 2.18. The van der Waals surface area contributed by atoms with Gasteiger partial charge in [0.05, 0.1) is 28.5 Å². The summed E-state index contributed by atoms with van der Waals surface area (Å²) >= 11 is 0. The number of rotatable bonds is 6. The molecule has 0 saturated carbocycles. The highest BCUT2D eigenvalue weighted by atomic mass is 19.1. The summed E-state index contributed by atoms with van der Waals surface area (Å²) < 4.78 is 16.5. The second-order valence-corrected chi connectivity index (χ2v) is 9.15. The third-order valence-electron chi connectivity index (χ3n) is 6.20. The zero-order valence-electron chi connectivity index (χ0n) is 23.1.